The molecule has 1 rings (SSSR count). The molecule has 1 unspecified atom stereocenters. The number of alkyl halides is 1. The zero-order chi connectivity index (χ0) is 13.0. The zero-order valence-electron chi connectivity index (χ0n) is 10.6. The molecule has 0 aromatic heterocycles. The largest absolute Gasteiger partial charge is 0.340 e. The molecule has 1 heterocycles. The number of hydrogen-bond donors (Lipinski definition) is 1. The Hall–Kier alpha value is -1.07. The van der Waals surface area contributed by atoms with Crippen LogP contribution in [-0.4, -0.2) is 35.2 Å². The van der Waals surface area contributed by atoms with Crippen LogP contribution in [0.2, 0.25) is 0 Å². The summed E-state index contributed by atoms with van der Waals surface area (Å²) in [5.74, 6) is 0.241. The molecule has 1 aliphatic heterocycles. The van der Waals surface area contributed by atoms with Gasteiger partial charge in [-0.3, -0.25) is 9.79 Å². The molecule has 96 valence electrons. The molecule has 6 heteroatoms. The van der Waals surface area contributed by atoms with Crippen molar-refractivity contribution >= 4 is 23.2 Å². The molecule has 1 N–H and O–H groups in total. The van der Waals surface area contributed by atoms with Gasteiger partial charge in [-0.1, -0.05) is 0 Å². The van der Waals surface area contributed by atoms with Crippen molar-refractivity contribution in [1.29, 1.82) is 0 Å². The van der Waals surface area contributed by atoms with Gasteiger partial charge < -0.3 is 4.90 Å². The Kier molecular flexibility index (Phi) is 4.96. The quantitative estimate of drug-likeness (QED) is 0.617. The minimum absolute atomic E-state index is 0.243. The molecule has 1 atom stereocenters. The van der Waals surface area contributed by atoms with Crippen LogP contribution in [0.1, 0.15) is 27.7 Å². The molecule has 0 aliphatic carbocycles. The third kappa shape index (κ3) is 3.44. The summed E-state index contributed by atoms with van der Waals surface area (Å²) in [6.45, 7) is 7.80. The van der Waals surface area contributed by atoms with E-state index in [1.807, 2.05) is 25.7 Å². The van der Waals surface area contributed by atoms with Gasteiger partial charge in [-0.15, -0.1) is 11.6 Å². The van der Waals surface area contributed by atoms with E-state index in [1.54, 1.807) is 0 Å². The molecule has 0 radical (unpaired) electrons. The van der Waals surface area contributed by atoms with Crippen LogP contribution in [0, 0.1) is 0 Å². The van der Waals surface area contributed by atoms with Gasteiger partial charge in [0.2, 0.25) is 5.91 Å². The number of nitrogens with zero attached hydrogens (tertiary/aromatic N) is 2. The van der Waals surface area contributed by atoms with E-state index in [-0.39, 0.29) is 12.1 Å². The minimum atomic E-state index is -0.388. The van der Waals surface area contributed by atoms with Gasteiger partial charge in [0.05, 0.1) is 11.4 Å². The first-order chi connectivity index (χ1) is 7.97. The number of hydrogen-bond acceptors (Lipinski definition) is 4. The maximum absolute atomic E-state index is 10.9. The Morgan fingerprint density at radius 2 is 2.18 bits per heavy atom. The van der Waals surface area contributed by atoms with Crippen molar-refractivity contribution in [2.45, 2.75) is 33.9 Å². The summed E-state index contributed by atoms with van der Waals surface area (Å²) in [4.78, 5) is 22.6. The fourth-order valence-electron chi connectivity index (χ4n) is 1.67. The van der Waals surface area contributed by atoms with E-state index < -0.39 is 0 Å². The molecular formula is C11H18ClN3O2. The molecule has 1 amide bonds. The Bertz CT molecular complexity index is 366. The Morgan fingerprint density at radius 3 is 2.71 bits per heavy atom. The molecule has 0 fully saturated rings. The van der Waals surface area contributed by atoms with Crippen LogP contribution < -0.4 is 5.48 Å². The van der Waals surface area contributed by atoms with Gasteiger partial charge in [0.25, 0.3) is 0 Å². The van der Waals surface area contributed by atoms with Gasteiger partial charge in [0.15, 0.2) is 6.23 Å². The number of aliphatic imine (C=N–C) groups is 1. The van der Waals surface area contributed by atoms with Crippen LogP contribution >= 0.6 is 11.6 Å². The van der Waals surface area contributed by atoms with Crippen LogP contribution in [0.3, 0.4) is 0 Å². The van der Waals surface area contributed by atoms with E-state index in [0.717, 1.165) is 17.1 Å². The Labute approximate surface area is 106 Å². The molecule has 1 aliphatic rings. The lowest BCUT2D eigenvalue weighted by Crippen LogP contribution is -2.47. The lowest BCUT2D eigenvalue weighted by molar-refractivity contribution is -0.139. The van der Waals surface area contributed by atoms with E-state index in [4.69, 9.17) is 16.4 Å². The third-order valence-electron chi connectivity index (χ3n) is 2.58. The molecule has 0 spiro atoms. The topological polar surface area (TPSA) is 53.9 Å². The zero-order valence-corrected chi connectivity index (χ0v) is 11.3. The smallest absolute Gasteiger partial charge is 0.240 e. The second-order valence-electron chi connectivity index (χ2n) is 3.93. The number of halogens is 1. The number of carbonyl (C=O) groups excluding carboxylic acids is 1. The van der Waals surface area contributed by atoms with Gasteiger partial charge in [0.1, 0.15) is 0 Å². The maximum atomic E-state index is 10.9. The van der Waals surface area contributed by atoms with Crippen molar-refractivity contribution in [2.24, 2.45) is 4.99 Å². The van der Waals surface area contributed by atoms with Gasteiger partial charge in [-0.25, -0.2) is 10.3 Å². The van der Waals surface area contributed by atoms with Crippen molar-refractivity contribution in [3.05, 3.63) is 11.4 Å². The summed E-state index contributed by atoms with van der Waals surface area (Å²) in [7, 11) is 0. The van der Waals surface area contributed by atoms with E-state index >= 15 is 0 Å². The van der Waals surface area contributed by atoms with Gasteiger partial charge in [-0.2, -0.15) is 0 Å². The van der Waals surface area contributed by atoms with Crippen LogP contribution in [0.15, 0.2) is 16.4 Å². The van der Waals surface area contributed by atoms with Gasteiger partial charge >= 0.3 is 0 Å². The van der Waals surface area contributed by atoms with Crippen molar-refractivity contribution in [3.8, 4) is 0 Å². The molecule has 0 saturated heterocycles. The van der Waals surface area contributed by atoms with Gasteiger partial charge in [-0.05, 0) is 20.8 Å². The number of rotatable bonds is 4. The summed E-state index contributed by atoms with van der Waals surface area (Å²) in [5, 5.41) is 0. The predicted molar refractivity (Wildman–Crippen MR) is 67.6 cm³/mol. The first-order valence-corrected chi connectivity index (χ1v) is 5.98. The average Bonchev–Trinajstić information content (AvgIpc) is 2.24. The summed E-state index contributed by atoms with van der Waals surface area (Å²) in [6.07, 6.45) is -0.388. The number of allylic oxidation sites excluding steroid dienone is 2. The third-order valence-corrected chi connectivity index (χ3v) is 2.75. The highest BCUT2D eigenvalue weighted by molar-refractivity contribution is 6.18. The highest BCUT2D eigenvalue weighted by Gasteiger charge is 2.27. The number of hydroxylamine groups is 1. The molecule has 0 aromatic rings. The first-order valence-electron chi connectivity index (χ1n) is 5.45. The summed E-state index contributed by atoms with van der Waals surface area (Å²) in [5.41, 5.74) is 5.09. The highest BCUT2D eigenvalue weighted by atomic mass is 35.5. The Balaban J connectivity index is 2.85. The molecular weight excluding hydrogens is 242 g/mol. The Morgan fingerprint density at radius 1 is 1.53 bits per heavy atom. The SMILES string of the molecule is CC(=O)NOC1C(C)=NC(C)=C(C)N1CCCl. The van der Waals surface area contributed by atoms with Crippen LogP contribution in [0.25, 0.3) is 0 Å². The predicted octanol–water partition coefficient (Wildman–Crippen LogP) is 1.65. The first kappa shape index (κ1) is 14.0. The molecule has 0 saturated carbocycles. The van der Waals surface area contributed by atoms with Crippen LogP contribution in [0.5, 0.6) is 0 Å². The van der Waals surface area contributed by atoms with Crippen molar-refractivity contribution < 1.29 is 9.63 Å². The second kappa shape index (κ2) is 6.02. The number of nitrogens with one attached hydrogen (secondary N) is 1. The van der Waals surface area contributed by atoms with Crippen molar-refractivity contribution in [2.75, 3.05) is 12.4 Å². The van der Waals surface area contributed by atoms with E-state index in [0.29, 0.717) is 12.4 Å². The van der Waals surface area contributed by atoms with Crippen LogP contribution in [0.4, 0.5) is 0 Å². The lowest BCUT2D eigenvalue weighted by Gasteiger charge is -2.36. The normalized spacial score (nSPS) is 20.4. The minimum Gasteiger partial charge on any atom is -0.340 e. The van der Waals surface area contributed by atoms with E-state index in [9.17, 15) is 4.79 Å². The standard InChI is InChI=1S/C11H18ClN3O2/c1-7-9(3)15(6-5-12)11(8(2)13-7)17-14-10(4)16/h11H,5-6H2,1-4H3,(H,14,16). The summed E-state index contributed by atoms with van der Waals surface area (Å²) in [6, 6.07) is 0. The van der Waals surface area contributed by atoms with Gasteiger partial charge in [0, 0.05) is 25.0 Å². The number of amides is 1. The molecule has 5 nitrogen and oxygen atoms in total. The fraction of sp³-hybridized carbons (Fsp3) is 0.636. The highest BCUT2D eigenvalue weighted by Crippen LogP contribution is 2.21. The van der Waals surface area contributed by atoms with Crippen molar-refractivity contribution in [3.63, 3.8) is 0 Å². The van der Waals surface area contributed by atoms with Crippen LogP contribution in [-0.2, 0) is 9.63 Å². The van der Waals surface area contributed by atoms with E-state index in [2.05, 4.69) is 10.5 Å². The molecule has 17 heavy (non-hydrogen) atoms. The molecule has 0 aromatic carbocycles. The number of carbonyl (C=O) groups is 1. The average molecular weight is 260 g/mol. The maximum Gasteiger partial charge on any atom is 0.240 e. The van der Waals surface area contributed by atoms with E-state index in [1.165, 1.54) is 6.92 Å². The summed E-state index contributed by atoms with van der Waals surface area (Å²) < 4.78 is 0. The van der Waals surface area contributed by atoms with Crippen molar-refractivity contribution in [1.82, 2.24) is 10.4 Å². The second-order valence-corrected chi connectivity index (χ2v) is 4.31. The summed E-state index contributed by atoms with van der Waals surface area (Å²) >= 11 is 5.78. The fourth-order valence-corrected chi connectivity index (χ4v) is 1.86. The monoisotopic (exact) mass is 259 g/mol. The lowest BCUT2D eigenvalue weighted by atomic mass is 10.2. The molecule has 0 bridgehead atoms.